The molecule has 1 aliphatic rings. The van der Waals surface area contributed by atoms with E-state index in [1.54, 1.807) is 6.20 Å². The first-order chi connectivity index (χ1) is 9.85. The number of fused-ring (bicyclic) bond motifs is 1. The number of hydrogen-bond donors (Lipinski definition) is 2. The second-order valence-corrected chi connectivity index (χ2v) is 5.34. The van der Waals surface area contributed by atoms with Crippen molar-refractivity contribution in [2.75, 3.05) is 18.1 Å². The van der Waals surface area contributed by atoms with E-state index < -0.39 is 0 Å². The van der Waals surface area contributed by atoms with E-state index in [4.69, 9.17) is 0 Å². The van der Waals surface area contributed by atoms with Gasteiger partial charge in [0.25, 0.3) is 0 Å². The Hall–Kier alpha value is -1.65. The summed E-state index contributed by atoms with van der Waals surface area (Å²) >= 11 is 0. The molecule has 0 aliphatic carbocycles. The molecule has 106 valence electrons. The molecule has 2 N–H and O–H groups in total. The average molecular weight is 272 g/mol. The number of aliphatic hydroxyl groups is 2. The molecule has 1 aromatic heterocycles. The molecule has 3 rings (SSSR count). The Labute approximate surface area is 118 Å². The molecule has 1 aliphatic heterocycles. The third kappa shape index (κ3) is 2.25. The van der Waals surface area contributed by atoms with Crippen LogP contribution in [0.4, 0.5) is 5.82 Å². The number of benzene rings is 1. The van der Waals surface area contributed by atoms with Gasteiger partial charge in [0.1, 0.15) is 5.82 Å². The minimum absolute atomic E-state index is 0.00276. The Kier molecular flexibility index (Phi) is 3.85. The number of pyridine rings is 1. The Morgan fingerprint density at radius 2 is 1.95 bits per heavy atom. The lowest BCUT2D eigenvalue weighted by atomic mass is 10.0. The molecule has 4 nitrogen and oxygen atoms in total. The Bertz CT molecular complexity index is 600. The molecule has 0 spiro atoms. The second-order valence-electron chi connectivity index (χ2n) is 5.34. The first kappa shape index (κ1) is 13.3. The van der Waals surface area contributed by atoms with E-state index in [1.165, 1.54) is 0 Å². The van der Waals surface area contributed by atoms with Crippen molar-refractivity contribution in [3.05, 3.63) is 36.0 Å². The van der Waals surface area contributed by atoms with E-state index >= 15 is 0 Å². The molecule has 2 heterocycles. The summed E-state index contributed by atoms with van der Waals surface area (Å²) < 4.78 is 0. The Morgan fingerprint density at radius 3 is 2.70 bits per heavy atom. The lowest BCUT2D eigenvalue weighted by molar-refractivity contribution is 0.239. The van der Waals surface area contributed by atoms with Gasteiger partial charge >= 0.3 is 0 Å². The number of aromatic nitrogens is 1. The van der Waals surface area contributed by atoms with E-state index in [-0.39, 0.29) is 19.3 Å². The molecule has 20 heavy (non-hydrogen) atoms. The van der Waals surface area contributed by atoms with Crippen molar-refractivity contribution in [1.29, 1.82) is 0 Å². The van der Waals surface area contributed by atoms with Crippen LogP contribution >= 0.6 is 0 Å². The fraction of sp³-hybridized carbons (Fsp3) is 0.438. The van der Waals surface area contributed by atoms with Crippen LogP contribution in [0.15, 0.2) is 30.5 Å². The minimum atomic E-state index is -0.00276. The van der Waals surface area contributed by atoms with Crippen molar-refractivity contribution in [2.24, 2.45) is 0 Å². The summed E-state index contributed by atoms with van der Waals surface area (Å²) in [5, 5.41) is 21.1. The monoisotopic (exact) mass is 272 g/mol. The summed E-state index contributed by atoms with van der Waals surface area (Å²) in [5.41, 5.74) is 0.849. The summed E-state index contributed by atoms with van der Waals surface area (Å²) in [5.74, 6) is 0.927. The van der Waals surface area contributed by atoms with Gasteiger partial charge in [0.2, 0.25) is 0 Å². The zero-order chi connectivity index (χ0) is 13.9. The van der Waals surface area contributed by atoms with Gasteiger partial charge in [0.05, 0.1) is 19.3 Å². The normalized spacial score (nSPS) is 19.5. The summed E-state index contributed by atoms with van der Waals surface area (Å²) in [6, 6.07) is 8.18. The highest BCUT2D eigenvalue weighted by Crippen LogP contribution is 2.31. The van der Waals surface area contributed by atoms with E-state index in [0.29, 0.717) is 0 Å². The molecular formula is C16H20N2O2. The molecule has 1 saturated heterocycles. The number of aliphatic hydroxyl groups excluding tert-OH is 2. The Balaban J connectivity index is 2.11. The lowest BCUT2D eigenvalue weighted by Gasteiger charge is -2.36. The highest BCUT2D eigenvalue weighted by atomic mass is 16.3. The predicted octanol–water partition coefficient (Wildman–Crippen LogP) is 2.08. The van der Waals surface area contributed by atoms with E-state index in [0.717, 1.165) is 48.0 Å². The zero-order valence-corrected chi connectivity index (χ0v) is 11.5. The molecule has 1 aromatic carbocycles. The maximum Gasteiger partial charge on any atom is 0.136 e. The van der Waals surface area contributed by atoms with Crippen LogP contribution in [0, 0.1) is 0 Å². The lowest BCUT2D eigenvalue weighted by Crippen LogP contribution is -2.42. The predicted molar refractivity (Wildman–Crippen MR) is 79.7 cm³/mol. The molecule has 1 unspecified atom stereocenters. The topological polar surface area (TPSA) is 56.6 Å². The van der Waals surface area contributed by atoms with Gasteiger partial charge in [-0.05, 0) is 24.6 Å². The molecule has 0 radical (unpaired) electrons. The highest BCUT2D eigenvalue weighted by Gasteiger charge is 2.24. The molecule has 2 aromatic rings. The smallest absolute Gasteiger partial charge is 0.136 e. The van der Waals surface area contributed by atoms with Gasteiger partial charge in [-0.25, -0.2) is 4.98 Å². The van der Waals surface area contributed by atoms with Crippen LogP contribution in [0.25, 0.3) is 10.8 Å². The van der Waals surface area contributed by atoms with Gasteiger partial charge in [0, 0.05) is 23.7 Å². The van der Waals surface area contributed by atoms with Crippen LogP contribution in [-0.4, -0.2) is 34.4 Å². The number of nitrogens with zero attached hydrogens (tertiary/aromatic N) is 2. The number of hydrogen-bond acceptors (Lipinski definition) is 4. The standard InChI is InChI=1S/C16H20N2O2/c19-10-12-9-17-16(15-7-2-1-6-14(12)15)18-8-4-3-5-13(18)11-20/h1-2,6-7,9,13,19-20H,3-5,8,10-11H2. The molecular weight excluding hydrogens is 252 g/mol. The van der Waals surface area contributed by atoms with Crippen molar-refractivity contribution < 1.29 is 10.2 Å². The van der Waals surface area contributed by atoms with Crippen LogP contribution in [0.3, 0.4) is 0 Å². The summed E-state index contributed by atoms with van der Waals surface area (Å²) in [6.07, 6.45) is 5.05. The Morgan fingerprint density at radius 1 is 1.15 bits per heavy atom. The maximum atomic E-state index is 9.59. The summed E-state index contributed by atoms with van der Waals surface area (Å²) in [6.45, 7) is 1.09. The van der Waals surface area contributed by atoms with Crippen LogP contribution in [0.2, 0.25) is 0 Å². The fourth-order valence-corrected chi connectivity index (χ4v) is 3.06. The third-order valence-corrected chi connectivity index (χ3v) is 4.14. The zero-order valence-electron chi connectivity index (χ0n) is 11.5. The van der Waals surface area contributed by atoms with Crippen molar-refractivity contribution in [3.8, 4) is 0 Å². The maximum absolute atomic E-state index is 9.59. The summed E-state index contributed by atoms with van der Waals surface area (Å²) in [7, 11) is 0. The van der Waals surface area contributed by atoms with Crippen LogP contribution < -0.4 is 4.90 Å². The van der Waals surface area contributed by atoms with Crippen LogP contribution in [0.1, 0.15) is 24.8 Å². The average Bonchev–Trinajstić information content (AvgIpc) is 2.53. The van der Waals surface area contributed by atoms with Gasteiger partial charge in [-0.2, -0.15) is 0 Å². The van der Waals surface area contributed by atoms with Crippen molar-refractivity contribution in [3.63, 3.8) is 0 Å². The number of rotatable bonds is 3. The SMILES string of the molecule is OCc1cnc(N2CCCCC2CO)c2ccccc12. The van der Waals surface area contributed by atoms with Gasteiger partial charge in [-0.1, -0.05) is 24.3 Å². The quantitative estimate of drug-likeness (QED) is 0.898. The highest BCUT2D eigenvalue weighted by molar-refractivity contribution is 5.94. The second kappa shape index (κ2) is 5.77. The van der Waals surface area contributed by atoms with Crippen LogP contribution in [0.5, 0.6) is 0 Å². The third-order valence-electron chi connectivity index (χ3n) is 4.14. The number of anilines is 1. The van der Waals surface area contributed by atoms with E-state index in [9.17, 15) is 10.2 Å². The molecule has 0 saturated carbocycles. The van der Waals surface area contributed by atoms with Crippen LogP contribution in [-0.2, 0) is 6.61 Å². The van der Waals surface area contributed by atoms with E-state index in [2.05, 4.69) is 9.88 Å². The summed E-state index contributed by atoms with van der Waals surface area (Å²) in [4.78, 5) is 6.77. The van der Waals surface area contributed by atoms with Gasteiger partial charge in [0.15, 0.2) is 0 Å². The first-order valence-electron chi connectivity index (χ1n) is 7.20. The molecule has 0 amide bonds. The van der Waals surface area contributed by atoms with Crippen molar-refractivity contribution in [1.82, 2.24) is 4.98 Å². The first-order valence-corrected chi connectivity index (χ1v) is 7.20. The fourth-order valence-electron chi connectivity index (χ4n) is 3.06. The van der Waals surface area contributed by atoms with E-state index in [1.807, 2.05) is 24.3 Å². The molecule has 4 heteroatoms. The van der Waals surface area contributed by atoms with Gasteiger partial charge in [-0.15, -0.1) is 0 Å². The largest absolute Gasteiger partial charge is 0.394 e. The number of piperidine rings is 1. The van der Waals surface area contributed by atoms with Gasteiger partial charge < -0.3 is 15.1 Å². The molecule has 0 bridgehead atoms. The molecule has 1 atom stereocenters. The van der Waals surface area contributed by atoms with Gasteiger partial charge in [-0.3, -0.25) is 0 Å². The van der Waals surface area contributed by atoms with Crippen molar-refractivity contribution in [2.45, 2.75) is 31.9 Å². The molecule has 1 fully saturated rings. The minimum Gasteiger partial charge on any atom is -0.394 e. The van der Waals surface area contributed by atoms with Crippen molar-refractivity contribution >= 4 is 16.6 Å².